The van der Waals surface area contributed by atoms with Crippen molar-refractivity contribution in [3.05, 3.63) is 0 Å². The Morgan fingerprint density at radius 3 is 2.64 bits per heavy atom. The summed E-state index contributed by atoms with van der Waals surface area (Å²) in [5.74, 6) is 1.54. The summed E-state index contributed by atoms with van der Waals surface area (Å²) < 4.78 is 5.66. The molecule has 2 unspecified atom stereocenters. The van der Waals surface area contributed by atoms with E-state index >= 15 is 0 Å². The average Bonchev–Trinajstić information content (AvgIpc) is 2.19. The Labute approximate surface area is 88.4 Å². The van der Waals surface area contributed by atoms with Gasteiger partial charge in [0.25, 0.3) is 0 Å². The van der Waals surface area contributed by atoms with Gasteiger partial charge in [-0.25, -0.2) is 0 Å². The molecule has 0 spiro atoms. The molecular weight excluding hydrogens is 174 g/mol. The zero-order valence-electron chi connectivity index (χ0n) is 9.88. The third-order valence-corrected chi connectivity index (χ3v) is 3.25. The van der Waals surface area contributed by atoms with Gasteiger partial charge in [-0.15, -0.1) is 0 Å². The molecule has 2 nitrogen and oxygen atoms in total. The van der Waals surface area contributed by atoms with E-state index in [2.05, 4.69) is 26.1 Å². The molecule has 1 fully saturated rings. The van der Waals surface area contributed by atoms with Crippen molar-refractivity contribution in [1.82, 2.24) is 5.32 Å². The Bertz CT molecular complexity index is 141. The summed E-state index contributed by atoms with van der Waals surface area (Å²) in [5.41, 5.74) is 0. The van der Waals surface area contributed by atoms with E-state index in [1.165, 1.54) is 19.3 Å². The van der Waals surface area contributed by atoms with E-state index in [0.29, 0.717) is 6.10 Å². The third kappa shape index (κ3) is 4.43. The van der Waals surface area contributed by atoms with Gasteiger partial charge >= 0.3 is 0 Å². The highest BCUT2D eigenvalue weighted by atomic mass is 16.5. The number of ether oxygens (including phenoxy) is 1. The van der Waals surface area contributed by atoms with Gasteiger partial charge < -0.3 is 10.1 Å². The van der Waals surface area contributed by atoms with Crippen molar-refractivity contribution in [2.75, 3.05) is 19.7 Å². The highest BCUT2D eigenvalue weighted by Crippen LogP contribution is 2.12. The van der Waals surface area contributed by atoms with Crippen LogP contribution in [-0.2, 0) is 4.74 Å². The Balaban J connectivity index is 2.02. The van der Waals surface area contributed by atoms with Crippen molar-refractivity contribution in [2.24, 2.45) is 11.8 Å². The maximum absolute atomic E-state index is 5.66. The summed E-state index contributed by atoms with van der Waals surface area (Å²) in [4.78, 5) is 0. The zero-order valence-corrected chi connectivity index (χ0v) is 9.88. The summed E-state index contributed by atoms with van der Waals surface area (Å²) in [7, 11) is 0. The highest BCUT2D eigenvalue weighted by molar-refractivity contribution is 4.68. The van der Waals surface area contributed by atoms with Crippen LogP contribution in [0, 0.1) is 11.8 Å². The molecule has 84 valence electrons. The molecule has 1 N–H and O–H groups in total. The minimum Gasteiger partial charge on any atom is -0.377 e. The van der Waals surface area contributed by atoms with Crippen LogP contribution in [0.4, 0.5) is 0 Å². The van der Waals surface area contributed by atoms with Gasteiger partial charge in [-0.2, -0.15) is 0 Å². The number of hydrogen-bond donors (Lipinski definition) is 1. The van der Waals surface area contributed by atoms with E-state index in [0.717, 1.165) is 31.5 Å². The monoisotopic (exact) mass is 199 g/mol. The zero-order chi connectivity index (χ0) is 10.4. The molecule has 0 aromatic rings. The van der Waals surface area contributed by atoms with Gasteiger partial charge in [0.1, 0.15) is 0 Å². The minimum absolute atomic E-state index is 0.475. The van der Waals surface area contributed by atoms with Crippen molar-refractivity contribution in [3.8, 4) is 0 Å². The molecule has 14 heavy (non-hydrogen) atoms. The molecule has 1 aliphatic rings. The van der Waals surface area contributed by atoms with Crippen molar-refractivity contribution < 1.29 is 4.74 Å². The quantitative estimate of drug-likeness (QED) is 0.734. The molecule has 0 aromatic carbocycles. The summed E-state index contributed by atoms with van der Waals surface area (Å²) in [6, 6.07) is 0. The lowest BCUT2D eigenvalue weighted by atomic mass is 9.98. The van der Waals surface area contributed by atoms with Crippen LogP contribution in [0.25, 0.3) is 0 Å². The number of nitrogens with one attached hydrogen (secondary N) is 1. The summed E-state index contributed by atoms with van der Waals surface area (Å²) >= 11 is 0. The van der Waals surface area contributed by atoms with Gasteiger partial charge in [0.15, 0.2) is 0 Å². The first-order valence-electron chi connectivity index (χ1n) is 6.02. The second-order valence-electron chi connectivity index (χ2n) is 4.87. The molecule has 2 heteroatoms. The average molecular weight is 199 g/mol. The van der Waals surface area contributed by atoms with Crippen LogP contribution in [0.3, 0.4) is 0 Å². The molecule has 0 amide bonds. The predicted octanol–water partition coefficient (Wildman–Crippen LogP) is 2.44. The van der Waals surface area contributed by atoms with E-state index in [-0.39, 0.29) is 0 Å². The smallest absolute Gasteiger partial charge is 0.0699 e. The van der Waals surface area contributed by atoms with Crippen LogP contribution in [0.15, 0.2) is 0 Å². The van der Waals surface area contributed by atoms with E-state index in [9.17, 15) is 0 Å². The van der Waals surface area contributed by atoms with Crippen molar-refractivity contribution in [1.29, 1.82) is 0 Å². The van der Waals surface area contributed by atoms with Gasteiger partial charge in [-0.1, -0.05) is 20.8 Å². The topological polar surface area (TPSA) is 21.3 Å². The Morgan fingerprint density at radius 2 is 2.07 bits per heavy atom. The van der Waals surface area contributed by atoms with Gasteiger partial charge in [0.2, 0.25) is 0 Å². The number of rotatable bonds is 5. The van der Waals surface area contributed by atoms with Gasteiger partial charge in [0.05, 0.1) is 6.10 Å². The second-order valence-corrected chi connectivity index (χ2v) is 4.87. The summed E-state index contributed by atoms with van der Waals surface area (Å²) in [6.45, 7) is 9.99. The molecule has 0 aromatic heterocycles. The molecule has 0 saturated carbocycles. The fraction of sp³-hybridized carbons (Fsp3) is 1.00. The van der Waals surface area contributed by atoms with E-state index in [4.69, 9.17) is 4.74 Å². The maximum Gasteiger partial charge on any atom is 0.0699 e. The largest absolute Gasteiger partial charge is 0.377 e. The molecule has 0 aliphatic carbocycles. The van der Waals surface area contributed by atoms with E-state index < -0.39 is 0 Å². The molecule has 1 rings (SSSR count). The Kier molecular flexibility index (Phi) is 5.49. The van der Waals surface area contributed by atoms with Gasteiger partial charge in [0, 0.05) is 13.2 Å². The van der Waals surface area contributed by atoms with Gasteiger partial charge in [-0.3, -0.25) is 0 Å². The number of hydrogen-bond acceptors (Lipinski definition) is 2. The molecule has 0 bridgehead atoms. The van der Waals surface area contributed by atoms with Crippen LogP contribution >= 0.6 is 0 Å². The van der Waals surface area contributed by atoms with Crippen molar-refractivity contribution >= 4 is 0 Å². The molecular formula is C12H25NO. The molecule has 0 radical (unpaired) electrons. The van der Waals surface area contributed by atoms with Crippen LogP contribution < -0.4 is 5.32 Å². The lowest BCUT2D eigenvalue weighted by Gasteiger charge is -2.24. The molecule has 2 atom stereocenters. The summed E-state index contributed by atoms with van der Waals surface area (Å²) in [5, 5.41) is 3.51. The second kappa shape index (κ2) is 6.41. The van der Waals surface area contributed by atoms with Crippen LogP contribution in [0.5, 0.6) is 0 Å². The first-order chi connectivity index (χ1) is 6.70. The maximum atomic E-state index is 5.66. The first kappa shape index (κ1) is 12.0. The van der Waals surface area contributed by atoms with Crippen LogP contribution in [-0.4, -0.2) is 25.8 Å². The van der Waals surface area contributed by atoms with Crippen LogP contribution in [0.1, 0.15) is 40.0 Å². The van der Waals surface area contributed by atoms with Crippen LogP contribution in [0.2, 0.25) is 0 Å². The highest BCUT2D eigenvalue weighted by Gasteiger charge is 2.14. The minimum atomic E-state index is 0.475. The molecule has 1 aliphatic heterocycles. The lowest BCUT2D eigenvalue weighted by Crippen LogP contribution is -2.34. The van der Waals surface area contributed by atoms with E-state index in [1.54, 1.807) is 0 Å². The normalized spacial score (nSPS) is 25.3. The van der Waals surface area contributed by atoms with Gasteiger partial charge in [-0.05, 0) is 37.6 Å². The fourth-order valence-electron chi connectivity index (χ4n) is 1.68. The Hall–Kier alpha value is -0.0800. The summed E-state index contributed by atoms with van der Waals surface area (Å²) in [6.07, 6.45) is 4.30. The third-order valence-electron chi connectivity index (χ3n) is 3.25. The lowest BCUT2D eigenvalue weighted by molar-refractivity contribution is 0.0164. The fourth-order valence-corrected chi connectivity index (χ4v) is 1.68. The van der Waals surface area contributed by atoms with E-state index in [1.807, 2.05) is 0 Å². The molecule has 1 saturated heterocycles. The van der Waals surface area contributed by atoms with Crippen molar-refractivity contribution in [3.63, 3.8) is 0 Å². The first-order valence-corrected chi connectivity index (χ1v) is 6.02. The van der Waals surface area contributed by atoms with Crippen molar-refractivity contribution in [2.45, 2.75) is 46.1 Å². The standard InChI is InChI=1S/C12H25NO/c1-10(2)11(3)8-13-9-12-6-4-5-7-14-12/h10-13H,4-9H2,1-3H3. The SMILES string of the molecule is CC(C)C(C)CNCC1CCCCO1. The molecule has 1 heterocycles. The predicted molar refractivity (Wildman–Crippen MR) is 60.5 cm³/mol. The Morgan fingerprint density at radius 1 is 1.29 bits per heavy atom.